The molecule has 0 aliphatic carbocycles. The molecule has 4 heterocycles. The van der Waals surface area contributed by atoms with Gasteiger partial charge in [-0.05, 0) is 60.5 Å². The van der Waals surface area contributed by atoms with E-state index >= 15 is 0 Å². The van der Waals surface area contributed by atoms with E-state index in [0.717, 1.165) is 34.5 Å². The Labute approximate surface area is 194 Å². The lowest BCUT2D eigenvalue weighted by Crippen LogP contribution is -2.20. The van der Waals surface area contributed by atoms with Crippen molar-refractivity contribution < 1.29 is 0 Å². The predicted molar refractivity (Wildman–Crippen MR) is 130 cm³/mol. The maximum Gasteiger partial charge on any atom is 0.261 e. The fourth-order valence-electron chi connectivity index (χ4n) is 4.26. The van der Waals surface area contributed by atoms with Gasteiger partial charge in [0.05, 0.1) is 16.6 Å². The summed E-state index contributed by atoms with van der Waals surface area (Å²) in [4.78, 5) is 22.0. The van der Waals surface area contributed by atoms with Crippen LogP contribution >= 0.6 is 11.6 Å². The molecule has 0 bridgehead atoms. The second-order valence-electron chi connectivity index (χ2n) is 7.92. The minimum Gasteiger partial charge on any atom is -0.292 e. The van der Waals surface area contributed by atoms with Crippen LogP contribution in [0.5, 0.6) is 0 Å². The zero-order chi connectivity index (χ0) is 22.4. The lowest BCUT2D eigenvalue weighted by molar-refractivity contribution is 0.725. The quantitative estimate of drug-likeness (QED) is 0.376. The predicted octanol–water partition coefficient (Wildman–Crippen LogP) is 5.24. The summed E-state index contributed by atoms with van der Waals surface area (Å²) in [5.74, 6) is 0.683. The lowest BCUT2D eigenvalue weighted by Gasteiger charge is -2.06. The molecule has 0 spiro atoms. The SMILES string of the molecule is O=c1c2ccc(Cl)cc2nc2n1CC/C2=C\c1cn(-c2ccccc2)nc1-c1ccncc1. The highest BCUT2D eigenvalue weighted by Gasteiger charge is 2.22. The summed E-state index contributed by atoms with van der Waals surface area (Å²) in [7, 11) is 0. The molecule has 5 aromatic rings. The molecule has 0 radical (unpaired) electrons. The molecule has 160 valence electrons. The molecule has 0 atom stereocenters. The molecule has 3 aromatic heterocycles. The number of rotatable bonds is 3. The van der Waals surface area contributed by atoms with E-state index in [-0.39, 0.29) is 5.56 Å². The van der Waals surface area contributed by atoms with E-state index in [1.54, 1.807) is 35.2 Å². The summed E-state index contributed by atoms with van der Waals surface area (Å²) >= 11 is 6.16. The van der Waals surface area contributed by atoms with Crippen molar-refractivity contribution in [3.63, 3.8) is 0 Å². The first-order valence-corrected chi connectivity index (χ1v) is 11.0. The fraction of sp³-hybridized carbons (Fsp3) is 0.0769. The van der Waals surface area contributed by atoms with E-state index < -0.39 is 0 Å². The van der Waals surface area contributed by atoms with Crippen molar-refractivity contribution in [3.05, 3.63) is 106 Å². The summed E-state index contributed by atoms with van der Waals surface area (Å²) in [6.45, 7) is 0.600. The van der Waals surface area contributed by atoms with E-state index in [1.165, 1.54) is 0 Å². The summed E-state index contributed by atoms with van der Waals surface area (Å²) in [5.41, 5.74) is 5.31. The van der Waals surface area contributed by atoms with Crippen LogP contribution in [0.1, 0.15) is 17.8 Å². The summed E-state index contributed by atoms with van der Waals surface area (Å²) in [6, 6.07) is 19.1. The van der Waals surface area contributed by atoms with Crippen LogP contribution < -0.4 is 5.56 Å². The molecule has 1 aliphatic heterocycles. The van der Waals surface area contributed by atoms with Crippen LogP contribution in [0.3, 0.4) is 0 Å². The normalized spacial score (nSPS) is 14.2. The highest BCUT2D eigenvalue weighted by molar-refractivity contribution is 6.31. The molecule has 1 aliphatic rings. The van der Waals surface area contributed by atoms with Crippen LogP contribution in [0.15, 0.2) is 84.0 Å². The number of halogens is 1. The average molecular weight is 452 g/mol. The van der Waals surface area contributed by atoms with Gasteiger partial charge in [0, 0.05) is 41.3 Å². The summed E-state index contributed by atoms with van der Waals surface area (Å²) in [6.07, 6.45) is 8.34. The van der Waals surface area contributed by atoms with Crippen LogP contribution in [0.4, 0.5) is 0 Å². The number of fused-ring (bicyclic) bond motifs is 2. The molecule has 6 nitrogen and oxygen atoms in total. The number of para-hydroxylation sites is 1. The summed E-state index contributed by atoms with van der Waals surface area (Å²) < 4.78 is 3.62. The largest absolute Gasteiger partial charge is 0.292 e. The van der Waals surface area contributed by atoms with Crippen LogP contribution in [0.2, 0.25) is 5.02 Å². The third-order valence-corrected chi connectivity index (χ3v) is 6.09. The van der Waals surface area contributed by atoms with Gasteiger partial charge in [0.2, 0.25) is 0 Å². The second kappa shape index (κ2) is 7.83. The maximum absolute atomic E-state index is 13.0. The number of benzene rings is 2. The van der Waals surface area contributed by atoms with Gasteiger partial charge in [0.1, 0.15) is 11.5 Å². The number of hydrogen-bond acceptors (Lipinski definition) is 4. The fourth-order valence-corrected chi connectivity index (χ4v) is 4.42. The van der Waals surface area contributed by atoms with Crippen molar-refractivity contribution in [3.8, 4) is 16.9 Å². The molecule has 33 heavy (non-hydrogen) atoms. The summed E-state index contributed by atoms with van der Waals surface area (Å²) in [5, 5.41) is 6.01. The van der Waals surface area contributed by atoms with Crippen molar-refractivity contribution in [1.82, 2.24) is 24.3 Å². The Morgan fingerprint density at radius 3 is 2.64 bits per heavy atom. The topological polar surface area (TPSA) is 65.6 Å². The van der Waals surface area contributed by atoms with Gasteiger partial charge in [0.15, 0.2) is 0 Å². The number of hydrogen-bond donors (Lipinski definition) is 0. The van der Waals surface area contributed by atoms with Crippen molar-refractivity contribution >= 4 is 34.2 Å². The smallest absolute Gasteiger partial charge is 0.261 e. The first kappa shape index (κ1) is 19.6. The molecule has 0 saturated carbocycles. The molecule has 7 heteroatoms. The van der Waals surface area contributed by atoms with E-state index in [1.807, 2.05) is 53.3 Å². The molecule has 0 N–H and O–H groups in total. The number of nitrogens with zero attached hydrogens (tertiary/aromatic N) is 5. The molecule has 2 aromatic carbocycles. The Balaban J connectivity index is 1.53. The Morgan fingerprint density at radius 2 is 1.82 bits per heavy atom. The van der Waals surface area contributed by atoms with Crippen LogP contribution in [-0.4, -0.2) is 24.3 Å². The first-order valence-electron chi connectivity index (χ1n) is 10.6. The van der Waals surface area contributed by atoms with E-state index in [9.17, 15) is 4.79 Å². The lowest BCUT2D eigenvalue weighted by atomic mass is 10.1. The zero-order valence-electron chi connectivity index (χ0n) is 17.5. The van der Waals surface area contributed by atoms with Gasteiger partial charge in [-0.3, -0.25) is 14.3 Å². The van der Waals surface area contributed by atoms with Gasteiger partial charge in [-0.25, -0.2) is 9.67 Å². The molecular weight excluding hydrogens is 434 g/mol. The molecule has 0 amide bonds. The zero-order valence-corrected chi connectivity index (χ0v) is 18.3. The molecule has 0 saturated heterocycles. The van der Waals surface area contributed by atoms with Gasteiger partial charge in [-0.2, -0.15) is 5.10 Å². The van der Waals surface area contributed by atoms with Gasteiger partial charge >= 0.3 is 0 Å². The van der Waals surface area contributed by atoms with E-state index in [2.05, 4.69) is 11.1 Å². The van der Waals surface area contributed by atoms with Gasteiger partial charge < -0.3 is 0 Å². The van der Waals surface area contributed by atoms with Gasteiger partial charge in [-0.1, -0.05) is 29.8 Å². The molecule has 0 unspecified atom stereocenters. The third kappa shape index (κ3) is 3.45. The number of allylic oxidation sites excluding steroid dienone is 1. The monoisotopic (exact) mass is 451 g/mol. The standard InChI is InChI=1S/C26H18ClN5O/c27-20-6-7-22-23(15-20)29-25-18(10-13-31(25)26(22)33)14-19-16-32(21-4-2-1-3-5-21)30-24(19)17-8-11-28-12-9-17/h1-9,11-12,14-16H,10,13H2/b18-14+. The van der Waals surface area contributed by atoms with E-state index in [0.29, 0.717) is 28.3 Å². The molecule has 0 fully saturated rings. The Morgan fingerprint density at radius 1 is 1.00 bits per heavy atom. The van der Waals surface area contributed by atoms with Crippen molar-refractivity contribution in [2.75, 3.05) is 0 Å². The van der Waals surface area contributed by atoms with Crippen molar-refractivity contribution in [2.24, 2.45) is 0 Å². The maximum atomic E-state index is 13.0. The minimum atomic E-state index is -0.0376. The van der Waals surface area contributed by atoms with Crippen LogP contribution in [-0.2, 0) is 6.54 Å². The second-order valence-corrected chi connectivity index (χ2v) is 8.36. The van der Waals surface area contributed by atoms with Gasteiger partial charge in [-0.15, -0.1) is 0 Å². The van der Waals surface area contributed by atoms with Crippen LogP contribution in [0.25, 0.3) is 39.5 Å². The third-order valence-electron chi connectivity index (χ3n) is 5.86. The van der Waals surface area contributed by atoms with Gasteiger partial charge in [0.25, 0.3) is 5.56 Å². The molecular formula is C26H18ClN5O. The van der Waals surface area contributed by atoms with Crippen LogP contribution in [0, 0.1) is 0 Å². The van der Waals surface area contributed by atoms with E-state index in [4.69, 9.17) is 21.7 Å². The number of aromatic nitrogens is 5. The van der Waals surface area contributed by atoms with Crippen molar-refractivity contribution in [1.29, 1.82) is 0 Å². The molecule has 6 rings (SSSR count). The average Bonchev–Trinajstić information content (AvgIpc) is 3.45. The highest BCUT2D eigenvalue weighted by atomic mass is 35.5. The Hall–Kier alpha value is -4.03. The first-order chi connectivity index (χ1) is 16.2. The Kier molecular flexibility index (Phi) is 4.66. The number of pyridine rings is 1. The van der Waals surface area contributed by atoms with Crippen molar-refractivity contribution in [2.45, 2.75) is 13.0 Å². The minimum absolute atomic E-state index is 0.0376. The highest BCUT2D eigenvalue weighted by Crippen LogP contribution is 2.31. The Bertz CT molecular complexity index is 1590.